The molecule has 0 aliphatic rings. The van der Waals surface area contributed by atoms with Crippen molar-refractivity contribution < 1.29 is 0 Å². The van der Waals surface area contributed by atoms with Crippen LogP contribution in [-0.4, -0.2) is 19.1 Å². The SMILES string of the molecule is CN(C)c1ccc2c(Br)cnc(C#N)c2c1. The largest absolute Gasteiger partial charge is 0.378 e. The highest BCUT2D eigenvalue weighted by atomic mass is 79.9. The number of halogens is 1. The summed E-state index contributed by atoms with van der Waals surface area (Å²) in [6.45, 7) is 0. The normalized spacial score (nSPS) is 10.1. The first-order chi connectivity index (χ1) is 7.63. The van der Waals surface area contributed by atoms with Crippen LogP contribution in [0.15, 0.2) is 28.9 Å². The van der Waals surface area contributed by atoms with Crippen LogP contribution >= 0.6 is 15.9 Å². The van der Waals surface area contributed by atoms with Gasteiger partial charge in [0.2, 0.25) is 0 Å². The molecule has 2 aromatic rings. The van der Waals surface area contributed by atoms with Crippen LogP contribution in [0.3, 0.4) is 0 Å². The topological polar surface area (TPSA) is 39.9 Å². The Kier molecular flexibility index (Phi) is 2.80. The molecule has 1 aromatic carbocycles. The molecular formula is C12H10BrN3. The zero-order valence-corrected chi connectivity index (χ0v) is 10.6. The van der Waals surface area contributed by atoms with Crippen LogP contribution in [-0.2, 0) is 0 Å². The van der Waals surface area contributed by atoms with Crippen molar-refractivity contribution in [1.29, 1.82) is 5.26 Å². The summed E-state index contributed by atoms with van der Waals surface area (Å²) < 4.78 is 0.909. The van der Waals surface area contributed by atoms with Gasteiger partial charge in [-0.2, -0.15) is 5.26 Å². The molecule has 0 spiro atoms. The molecule has 1 heterocycles. The van der Waals surface area contributed by atoms with Gasteiger partial charge < -0.3 is 4.90 Å². The van der Waals surface area contributed by atoms with Crippen molar-refractivity contribution in [1.82, 2.24) is 4.98 Å². The van der Waals surface area contributed by atoms with Crippen molar-refractivity contribution in [3.05, 3.63) is 34.6 Å². The van der Waals surface area contributed by atoms with E-state index in [-0.39, 0.29) is 0 Å². The molecule has 0 fully saturated rings. The lowest BCUT2D eigenvalue weighted by Gasteiger charge is -2.13. The first kappa shape index (κ1) is 10.9. The predicted octanol–water partition coefficient (Wildman–Crippen LogP) is 2.93. The molecule has 0 radical (unpaired) electrons. The number of fused-ring (bicyclic) bond motifs is 1. The molecule has 4 heteroatoms. The molecule has 0 aliphatic carbocycles. The number of nitrogens with zero attached hydrogens (tertiary/aromatic N) is 3. The molecule has 0 unspecified atom stereocenters. The number of pyridine rings is 1. The van der Waals surface area contributed by atoms with Gasteiger partial charge in [-0.1, -0.05) is 6.07 Å². The molecule has 0 aliphatic heterocycles. The van der Waals surface area contributed by atoms with Gasteiger partial charge in [0.1, 0.15) is 11.8 Å². The number of benzene rings is 1. The van der Waals surface area contributed by atoms with Gasteiger partial charge in [-0.3, -0.25) is 0 Å². The maximum absolute atomic E-state index is 9.01. The third kappa shape index (κ3) is 1.74. The molecule has 0 saturated heterocycles. The van der Waals surface area contributed by atoms with Crippen LogP contribution in [0.25, 0.3) is 10.8 Å². The highest BCUT2D eigenvalue weighted by Gasteiger charge is 2.07. The Balaban J connectivity index is 2.81. The summed E-state index contributed by atoms with van der Waals surface area (Å²) in [7, 11) is 3.94. The predicted molar refractivity (Wildman–Crippen MR) is 68.5 cm³/mol. The molecule has 80 valence electrons. The van der Waals surface area contributed by atoms with Crippen LogP contribution in [0.5, 0.6) is 0 Å². The van der Waals surface area contributed by atoms with Gasteiger partial charge >= 0.3 is 0 Å². The smallest absolute Gasteiger partial charge is 0.148 e. The second-order valence-corrected chi connectivity index (χ2v) is 4.55. The second-order valence-electron chi connectivity index (χ2n) is 3.69. The monoisotopic (exact) mass is 275 g/mol. The number of hydrogen-bond donors (Lipinski definition) is 0. The van der Waals surface area contributed by atoms with Crippen molar-refractivity contribution in [2.24, 2.45) is 0 Å². The molecular weight excluding hydrogens is 266 g/mol. The van der Waals surface area contributed by atoms with Crippen molar-refractivity contribution in [3.8, 4) is 6.07 Å². The molecule has 0 bridgehead atoms. The Morgan fingerprint density at radius 1 is 1.31 bits per heavy atom. The third-order valence-electron chi connectivity index (χ3n) is 2.44. The number of anilines is 1. The molecule has 0 atom stereocenters. The summed E-state index contributed by atoms with van der Waals surface area (Å²) in [5.41, 5.74) is 1.52. The summed E-state index contributed by atoms with van der Waals surface area (Å²) in [5.74, 6) is 0. The van der Waals surface area contributed by atoms with E-state index in [1.54, 1.807) is 6.20 Å². The minimum absolute atomic E-state index is 0.460. The van der Waals surface area contributed by atoms with Crippen LogP contribution in [0.4, 0.5) is 5.69 Å². The molecule has 3 nitrogen and oxygen atoms in total. The fourth-order valence-corrected chi connectivity index (χ4v) is 2.01. The van der Waals surface area contributed by atoms with Gasteiger partial charge in [0.05, 0.1) is 0 Å². The lowest BCUT2D eigenvalue weighted by atomic mass is 10.1. The molecule has 0 saturated carbocycles. The van der Waals surface area contributed by atoms with E-state index in [0.717, 1.165) is 20.9 Å². The average molecular weight is 276 g/mol. The van der Waals surface area contributed by atoms with E-state index < -0.39 is 0 Å². The summed E-state index contributed by atoms with van der Waals surface area (Å²) in [4.78, 5) is 6.10. The second kappa shape index (κ2) is 4.11. The van der Waals surface area contributed by atoms with Crippen molar-refractivity contribution in [2.75, 3.05) is 19.0 Å². The summed E-state index contributed by atoms with van der Waals surface area (Å²) in [6.07, 6.45) is 1.66. The summed E-state index contributed by atoms with van der Waals surface area (Å²) in [5, 5.41) is 10.9. The standard InChI is InChI=1S/C12H10BrN3/c1-16(2)8-3-4-9-10(5-8)12(6-14)15-7-11(9)13/h3-5,7H,1-2H3. The Labute approximate surface area is 102 Å². The van der Waals surface area contributed by atoms with Gasteiger partial charge in [-0.05, 0) is 28.1 Å². The van der Waals surface area contributed by atoms with Crippen LogP contribution < -0.4 is 4.90 Å². The number of rotatable bonds is 1. The highest BCUT2D eigenvalue weighted by molar-refractivity contribution is 9.10. The van der Waals surface area contributed by atoms with Gasteiger partial charge in [0, 0.05) is 41.2 Å². The zero-order valence-electron chi connectivity index (χ0n) is 9.03. The maximum atomic E-state index is 9.01. The number of nitriles is 1. The Bertz CT molecular complexity index is 585. The summed E-state index contributed by atoms with van der Waals surface area (Å²) in [6, 6.07) is 8.11. The van der Waals surface area contributed by atoms with Gasteiger partial charge in [-0.25, -0.2) is 4.98 Å². The third-order valence-corrected chi connectivity index (χ3v) is 3.08. The van der Waals surface area contributed by atoms with E-state index in [4.69, 9.17) is 5.26 Å². The molecule has 1 aromatic heterocycles. The van der Waals surface area contributed by atoms with Gasteiger partial charge in [-0.15, -0.1) is 0 Å². The molecule has 0 amide bonds. The van der Waals surface area contributed by atoms with Crippen LogP contribution in [0, 0.1) is 11.3 Å². The fraction of sp³-hybridized carbons (Fsp3) is 0.167. The van der Waals surface area contributed by atoms with E-state index in [9.17, 15) is 0 Å². The van der Waals surface area contributed by atoms with E-state index >= 15 is 0 Å². The van der Waals surface area contributed by atoms with Crippen molar-refractivity contribution in [3.63, 3.8) is 0 Å². The van der Waals surface area contributed by atoms with E-state index in [1.807, 2.05) is 37.2 Å². The number of hydrogen-bond acceptors (Lipinski definition) is 3. The van der Waals surface area contributed by atoms with Gasteiger partial charge in [0.25, 0.3) is 0 Å². The van der Waals surface area contributed by atoms with E-state index in [0.29, 0.717) is 5.69 Å². The van der Waals surface area contributed by atoms with E-state index in [1.165, 1.54) is 0 Å². The number of aromatic nitrogens is 1. The molecule has 0 N–H and O–H groups in total. The maximum Gasteiger partial charge on any atom is 0.148 e. The van der Waals surface area contributed by atoms with Crippen LogP contribution in [0.1, 0.15) is 5.69 Å². The van der Waals surface area contributed by atoms with Crippen LogP contribution in [0.2, 0.25) is 0 Å². The molecule has 16 heavy (non-hydrogen) atoms. The Morgan fingerprint density at radius 2 is 2.06 bits per heavy atom. The Hall–Kier alpha value is -1.60. The fourth-order valence-electron chi connectivity index (χ4n) is 1.56. The van der Waals surface area contributed by atoms with Crippen molar-refractivity contribution in [2.45, 2.75) is 0 Å². The molecule has 2 rings (SSSR count). The van der Waals surface area contributed by atoms with E-state index in [2.05, 4.69) is 27.0 Å². The average Bonchev–Trinajstić information content (AvgIpc) is 2.29. The minimum Gasteiger partial charge on any atom is -0.378 e. The summed E-state index contributed by atoms with van der Waals surface area (Å²) >= 11 is 3.44. The quantitative estimate of drug-likeness (QED) is 0.804. The zero-order chi connectivity index (χ0) is 11.7. The minimum atomic E-state index is 0.460. The van der Waals surface area contributed by atoms with Gasteiger partial charge in [0.15, 0.2) is 0 Å². The van der Waals surface area contributed by atoms with Crippen molar-refractivity contribution >= 4 is 32.4 Å². The first-order valence-corrected chi connectivity index (χ1v) is 5.58. The first-order valence-electron chi connectivity index (χ1n) is 4.79. The Morgan fingerprint density at radius 3 is 2.69 bits per heavy atom. The highest BCUT2D eigenvalue weighted by Crippen LogP contribution is 2.28. The lowest BCUT2D eigenvalue weighted by molar-refractivity contribution is 1.13. The lowest BCUT2D eigenvalue weighted by Crippen LogP contribution is -2.08.